The van der Waals surface area contributed by atoms with Crippen LogP contribution in [0.15, 0.2) is 42.5 Å². The van der Waals surface area contributed by atoms with Gasteiger partial charge in [0.05, 0.1) is 5.56 Å². The summed E-state index contributed by atoms with van der Waals surface area (Å²) in [7, 11) is 0. The number of rotatable bonds is 5. The molecule has 3 heteroatoms. The Morgan fingerprint density at radius 3 is 2.45 bits per heavy atom. The fraction of sp³-hybridized carbons (Fsp3) is 0.235. The van der Waals surface area contributed by atoms with Gasteiger partial charge in [0.15, 0.2) is 6.29 Å². The van der Waals surface area contributed by atoms with E-state index in [0.29, 0.717) is 29.8 Å². The molecule has 0 aromatic heterocycles. The summed E-state index contributed by atoms with van der Waals surface area (Å²) in [6, 6.07) is 13.1. The molecule has 0 radical (unpaired) electrons. The predicted octanol–water partition coefficient (Wildman–Crippen LogP) is 3.91. The third-order valence-electron chi connectivity index (χ3n) is 3.15. The lowest BCUT2D eigenvalue weighted by atomic mass is 9.98. The van der Waals surface area contributed by atoms with Crippen molar-refractivity contribution in [1.82, 2.24) is 0 Å². The Bertz CT molecular complexity index is 589. The van der Waals surface area contributed by atoms with Crippen LogP contribution in [0.2, 0.25) is 0 Å². The van der Waals surface area contributed by atoms with E-state index in [1.54, 1.807) is 12.1 Å². The van der Waals surface area contributed by atoms with Gasteiger partial charge in [0, 0.05) is 5.56 Å². The number of phenolic OH excluding ortho intramolecular Hbond substituents is 1. The van der Waals surface area contributed by atoms with E-state index in [1.165, 1.54) is 0 Å². The quantitative estimate of drug-likeness (QED) is 0.838. The lowest BCUT2D eigenvalue weighted by Crippen LogP contribution is -2.01. The van der Waals surface area contributed by atoms with Crippen molar-refractivity contribution in [3.63, 3.8) is 0 Å². The number of hydrogen-bond donors (Lipinski definition) is 1. The molecule has 0 bridgehead atoms. The molecule has 0 heterocycles. The molecule has 2 aromatic rings. The number of aromatic hydroxyl groups is 1. The normalized spacial score (nSPS) is 10.6. The fourth-order valence-corrected chi connectivity index (χ4v) is 2.12. The van der Waals surface area contributed by atoms with Gasteiger partial charge >= 0.3 is 0 Å². The molecule has 0 aliphatic carbocycles. The van der Waals surface area contributed by atoms with Crippen LogP contribution >= 0.6 is 0 Å². The van der Waals surface area contributed by atoms with Gasteiger partial charge in [-0.3, -0.25) is 4.79 Å². The molecular formula is C17H18O3. The third kappa shape index (κ3) is 2.99. The highest BCUT2D eigenvalue weighted by Crippen LogP contribution is 2.36. The van der Waals surface area contributed by atoms with Crippen LogP contribution in [0.4, 0.5) is 0 Å². The Labute approximate surface area is 118 Å². The Morgan fingerprint density at radius 1 is 1.15 bits per heavy atom. The maximum Gasteiger partial charge on any atom is 0.153 e. The topological polar surface area (TPSA) is 46.5 Å². The van der Waals surface area contributed by atoms with Gasteiger partial charge < -0.3 is 9.84 Å². The summed E-state index contributed by atoms with van der Waals surface area (Å²) in [5, 5.41) is 10.1. The predicted molar refractivity (Wildman–Crippen MR) is 78.4 cm³/mol. The average molecular weight is 270 g/mol. The highest BCUT2D eigenvalue weighted by Gasteiger charge is 2.16. The Balaban J connectivity index is 2.27. The fourth-order valence-electron chi connectivity index (χ4n) is 2.12. The second-order valence-corrected chi connectivity index (χ2v) is 4.96. The third-order valence-corrected chi connectivity index (χ3v) is 3.15. The van der Waals surface area contributed by atoms with Gasteiger partial charge in [-0.1, -0.05) is 44.2 Å². The van der Waals surface area contributed by atoms with Gasteiger partial charge in [-0.25, -0.2) is 0 Å². The second-order valence-electron chi connectivity index (χ2n) is 4.96. The van der Waals surface area contributed by atoms with Crippen molar-refractivity contribution in [3.05, 3.63) is 59.2 Å². The molecule has 0 unspecified atom stereocenters. The summed E-state index contributed by atoms with van der Waals surface area (Å²) in [5.74, 6) is 0.702. The highest BCUT2D eigenvalue weighted by atomic mass is 16.5. The smallest absolute Gasteiger partial charge is 0.153 e. The molecule has 20 heavy (non-hydrogen) atoms. The molecule has 0 saturated heterocycles. The van der Waals surface area contributed by atoms with Crippen molar-refractivity contribution in [2.75, 3.05) is 0 Å². The number of ether oxygens (including phenoxy) is 1. The highest BCUT2D eigenvalue weighted by molar-refractivity contribution is 5.81. The van der Waals surface area contributed by atoms with Gasteiger partial charge in [0.1, 0.15) is 18.1 Å². The molecule has 0 fully saturated rings. The van der Waals surface area contributed by atoms with Crippen molar-refractivity contribution >= 4 is 6.29 Å². The largest absolute Gasteiger partial charge is 0.507 e. The molecule has 0 aliphatic rings. The zero-order chi connectivity index (χ0) is 14.5. The summed E-state index contributed by atoms with van der Waals surface area (Å²) in [4.78, 5) is 10.9. The van der Waals surface area contributed by atoms with Crippen molar-refractivity contribution in [2.45, 2.75) is 26.4 Å². The van der Waals surface area contributed by atoms with Crippen LogP contribution in [0.5, 0.6) is 11.5 Å². The van der Waals surface area contributed by atoms with E-state index in [-0.39, 0.29) is 11.7 Å². The molecule has 0 saturated carbocycles. The van der Waals surface area contributed by atoms with Crippen LogP contribution in [-0.4, -0.2) is 11.4 Å². The van der Waals surface area contributed by atoms with Crippen molar-refractivity contribution < 1.29 is 14.6 Å². The van der Waals surface area contributed by atoms with Crippen molar-refractivity contribution in [2.24, 2.45) is 0 Å². The number of phenols is 1. The minimum atomic E-state index is 0.0144. The van der Waals surface area contributed by atoms with Gasteiger partial charge in [-0.2, -0.15) is 0 Å². The first-order chi connectivity index (χ1) is 9.63. The first-order valence-corrected chi connectivity index (χ1v) is 6.61. The van der Waals surface area contributed by atoms with E-state index < -0.39 is 0 Å². The minimum Gasteiger partial charge on any atom is -0.507 e. The Morgan fingerprint density at radius 2 is 1.85 bits per heavy atom. The van der Waals surface area contributed by atoms with Crippen LogP contribution in [0.25, 0.3) is 0 Å². The van der Waals surface area contributed by atoms with E-state index in [9.17, 15) is 9.90 Å². The first kappa shape index (κ1) is 14.1. The van der Waals surface area contributed by atoms with Gasteiger partial charge in [-0.05, 0) is 23.6 Å². The number of hydrogen-bond acceptors (Lipinski definition) is 3. The average Bonchev–Trinajstić information content (AvgIpc) is 2.45. The summed E-state index contributed by atoms with van der Waals surface area (Å²) >= 11 is 0. The molecule has 0 amide bonds. The molecule has 0 spiro atoms. The van der Waals surface area contributed by atoms with E-state index >= 15 is 0 Å². The Hall–Kier alpha value is -2.29. The Kier molecular flexibility index (Phi) is 4.41. The number of carbonyl (C=O) groups is 1. The van der Waals surface area contributed by atoms with Gasteiger partial charge in [0.2, 0.25) is 0 Å². The van der Waals surface area contributed by atoms with Crippen molar-refractivity contribution in [1.29, 1.82) is 0 Å². The molecule has 3 nitrogen and oxygen atoms in total. The van der Waals surface area contributed by atoms with Crippen LogP contribution in [-0.2, 0) is 6.61 Å². The molecule has 2 aromatic carbocycles. The molecule has 2 rings (SSSR count). The SMILES string of the molecule is CC(C)c1c(OCc2ccccc2)ccc(C=O)c1O. The summed E-state index contributed by atoms with van der Waals surface area (Å²) in [5.41, 5.74) is 2.02. The van der Waals surface area contributed by atoms with Crippen molar-refractivity contribution in [3.8, 4) is 11.5 Å². The van der Waals surface area contributed by atoms with E-state index in [2.05, 4.69) is 0 Å². The lowest BCUT2D eigenvalue weighted by Gasteiger charge is -2.16. The molecule has 1 N–H and O–H groups in total. The zero-order valence-corrected chi connectivity index (χ0v) is 11.7. The minimum absolute atomic E-state index is 0.0144. The van der Waals surface area contributed by atoms with Crippen LogP contribution in [0.3, 0.4) is 0 Å². The van der Waals surface area contributed by atoms with E-state index in [1.807, 2.05) is 44.2 Å². The standard InChI is InChI=1S/C17H18O3/c1-12(2)16-15(9-8-14(10-18)17(16)19)20-11-13-6-4-3-5-7-13/h3-10,12,19H,11H2,1-2H3. The maximum atomic E-state index is 10.9. The number of aldehydes is 1. The second kappa shape index (κ2) is 6.24. The van der Waals surface area contributed by atoms with Crippen LogP contribution in [0, 0.1) is 0 Å². The number of carbonyl (C=O) groups excluding carboxylic acids is 1. The maximum absolute atomic E-state index is 10.9. The molecular weight excluding hydrogens is 252 g/mol. The number of benzene rings is 2. The van der Waals surface area contributed by atoms with E-state index in [4.69, 9.17) is 4.74 Å². The summed E-state index contributed by atoms with van der Waals surface area (Å²) < 4.78 is 5.79. The molecule has 104 valence electrons. The van der Waals surface area contributed by atoms with Gasteiger partial charge in [0.25, 0.3) is 0 Å². The zero-order valence-electron chi connectivity index (χ0n) is 11.7. The van der Waals surface area contributed by atoms with Gasteiger partial charge in [-0.15, -0.1) is 0 Å². The van der Waals surface area contributed by atoms with Crippen LogP contribution in [0.1, 0.15) is 41.3 Å². The molecule has 0 aliphatic heterocycles. The first-order valence-electron chi connectivity index (χ1n) is 6.61. The summed E-state index contributed by atoms with van der Waals surface area (Å²) in [6.07, 6.45) is 0.655. The summed E-state index contributed by atoms with van der Waals surface area (Å²) in [6.45, 7) is 4.35. The lowest BCUT2D eigenvalue weighted by molar-refractivity contribution is 0.112. The van der Waals surface area contributed by atoms with Crippen LogP contribution < -0.4 is 4.74 Å². The van der Waals surface area contributed by atoms with E-state index in [0.717, 1.165) is 5.56 Å². The monoisotopic (exact) mass is 270 g/mol. The molecule has 0 atom stereocenters.